The molecule has 0 N–H and O–H groups in total. The van der Waals surface area contributed by atoms with E-state index in [4.69, 9.17) is 14.2 Å². The predicted molar refractivity (Wildman–Crippen MR) is 181 cm³/mol. The van der Waals surface area contributed by atoms with E-state index < -0.39 is 0 Å². The van der Waals surface area contributed by atoms with Crippen molar-refractivity contribution >= 4 is 11.9 Å². The third-order valence-electron chi connectivity index (χ3n) is 10.8. The van der Waals surface area contributed by atoms with Gasteiger partial charge >= 0.3 is 5.97 Å². The van der Waals surface area contributed by atoms with Crippen LogP contribution in [-0.4, -0.2) is 66.6 Å². The van der Waals surface area contributed by atoms with Crippen LogP contribution < -0.4 is 14.2 Å². The van der Waals surface area contributed by atoms with Gasteiger partial charge in [0.2, 0.25) is 0 Å². The van der Waals surface area contributed by atoms with Crippen molar-refractivity contribution < 1.29 is 23.8 Å². The Labute approximate surface area is 278 Å². The van der Waals surface area contributed by atoms with Gasteiger partial charge in [-0.25, -0.2) is 0 Å². The Morgan fingerprint density at radius 1 is 1.06 bits per heavy atom. The molecule has 1 spiro atoms. The Hall–Kier alpha value is -4.28. The second-order valence-corrected chi connectivity index (χ2v) is 13.9. The smallest absolute Gasteiger partial charge is 0.308 e. The summed E-state index contributed by atoms with van der Waals surface area (Å²) in [5.74, 6) is 8.07. The van der Waals surface area contributed by atoms with Crippen molar-refractivity contribution in [1.82, 2.24) is 9.80 Å². The normalized spacial score (nSPS) is 25.2. The monoisotopic (exact) mass is 632 g/mol. The lowest BCUT2D eigenvalue weighted by Crippen LogP contribution is -2.69. The molecule has 2 aliphatic carbocycles. The van der Waals surface area contributed by atoms with Crippen LogP contribution in [-0.2, 0) is 27.8 Å². The van der Waals surface area contributed by atoms with Crippen molar-refractivity contribution in [1.29, 1.82) is 0 Å². The number of esters is 1. The van der Waals surface area contributed by atoms with Gasteiger partial charge in [-0.05, 0) is 68.2 Å². The molecule has 2 aliphatic heterocycles. The highest BCUT2D eigenvalue weighted by Crippen LogP contribution is 2.65. The van der Waals surface area contributed by atoms with Crippen molar-refractivity contribution in [2.24, 2.45) is 11.8 Å². The summed E-state index contributed by atoms with van der Waals surface area (Å²) >= 11 is 0. The van der Waals surface area contributed by atoms with Gasteiger partial charge in [-0.1, -0.05) is 68.3 Å². The number of likely N-dealkylation sites (tertiary alicyclic amines) is 1. The number of nitrogens with zero attached hydrogens (tertiary/aromatic N) is 2. The Morgan fingerprint density at radius 3 is 2.51 bits per heavy atom. The number of hydrogen-bond acceptors (Lipinski definition) is 6. The highest BCUT2D eigenvalue weighted by atomic mass is 16.5. The molecule has 244 valence electrons. The molecule has 47 heavy (non-hydrogen) atoms. The summed E-state index contributed by atoms with van der Waals surface area (Å²) in [7, 11) is 1.64. The fourth-order valence-electron chi connectivity index (χ4n) is 9.03. The lowest BCUT2D eigenvalue weighted by Gasteiger charge is -2.60. The van der Waals surface area contributed by atoms with E-state index in [1.807, 2.05) is 41.3 Å². The van der Waals surface area contributed by atoms with Crippen LogP contribution in [0, 0.1) is 23.7 Å². The maximum Gasteiger partial charge on any atom is 0.308 e. The van der Waals surface area contributed by atoms with E-state index in [-0.39, 0.29) is 41.4 Å². The van der Waals surface area contributed by atoms with E-state index >= 15 is 0 Å². The molecule has 0 aromatic heterocycles. The van der Waals surface area contributed by atoms with Crippen molar-refractivity contribution in [3.8, 4) is 29.1 Å². The number of hydrogen-bond donors (Lipinski definition) is 0. The van der Waals surface area contributed by atoms with E-state index in [0.717, 1.165) is 67.6 Å². The molecule has 1 saturated heterocycles. The molecule has 2 fully saturated rings. The van der Waals surface area contributed by atoms with Crippen molar-refractivity contribution in [2.75, 3.05) is 26.7 Å². The van der Waals surface area contributed by atoms with Crippen LogP contribution in [0.5, 0.6) is 17.2 Å². The number of rotatable bonds is 8. The summed E-state index contributed by atoms with van der Waals surface area (Å²) in [6.45, 7) is 8.24. The molecule has 7 heteroatoms. The van der Waals surface area contributed by atoms with E-state index in [0.29, 0.717) is 24.0 Å². The second-order valence-electron chi connectivity index (χ2n) is 13.9. The molecule has 1 amide bonds. The minimum absolute atomic E-state index is 0.150. The first-order valence-corrected chi connectivity index (χ1v) is 17.0. The number of amides is 1. The topological polar surface area (TPSA) is 68.3 Å². The van der Waals surface area contributed by atoms with Crippen LogP contribution >= 0.6 is 0 Å². The zero-order chi connectivity index (χ0) is 32.7. The molecular formula is C40H44N2O5. The van der Waals surface area contributed by atoms with Gasteiger partial charge in [-0.2, -0.15) is 0 Å². The number of carbonyl (C=O) groups excluding carboxylic acids is 2. The zero-order valence-electron chi connectivity index (χ0n) is 27.8. The minimum Gasteiger partial charge on any atom is -0.493 e. The van der Waals surface area contributed by atoms with Gasteiger partial charge < -0.3 is 19.1 Å². The van der Waals surface area contributed by atoms with Gasteiger partial charge in [-0.3, -0.25) is 14.5 Å². The fraction of sp³-hybridized carbons (Fsp3) is 0.450. The van der Waals surface area contributed by atoms with Crippen LogP contribution in [0.25, 0.3) is 0 Å². The predicted octanol–water partition coefficient (Wildman–Crippen LogP) is 5.81. The number of ether oxygens (including phenoxy) is 3. The Morgan fingerprint density at radius 2 is 1.81 bits per heavy atom. The second kappa shape index (κ2) is 12.7. The number of benzene rings is 3. The molecule has 3 aromatic carbocycles. The molecule has 7 rings (SSSR count). The molecule has 2 bridgehead atoms. The molecule has 5 atom stereocenters. The Balaban J connectivity index is 1.30. The largest absolute Gasteiger partial charge is 0.493 e. The lowest BCUT2D eigenvalue weighted by atomic mass is 9.50. The van der Waals surface area contributed by atoms with Crippen molar-refractivity contribution in [3.05, 3.63) is 89.0 Å². The molecule has 3 aromatic rings. The Bertz CT molecular complexity index is 1710. The average molecular weight is 633 g/mol. The number of carbonyl (C=O) groups is 2. The first-order valence-electron chi connectivity index (χ1n) is 17.0. The minimum atomic E-state index is -0.350. The van der Waals surface area contributed by atoms with Crippen LogP contribution in [0.1, 0.15) is 62.3 Å². The molecular weight excluding hydrogens is 588 g/mol. The summed E-state index contributed by atoms with van der Waals surface area (Å²) in [5, 5.41) is 0. The lowest BCUT2D eigenvalue weighted by molar-refractivity contribution is -0.138. The highest BCUT2D eigenvalue weighted by Gasteiger charge is 2.67. The first-order chi connectivity index (χ1) is 22.8. The SMILES string of the molecule is COc1cc(OC(C)=O)c2c3c1O[C@H]1[C@H](N(CC(C)C)C(=O)C#Cc4ccccc4)CC[C@H]4[C@@H](C2)N(CCc2ccccc2)CC[C@@]341. The van der Waals surface area contributed by atoms with Crippen LogP contribution in [0.15, 0.2) is 66.7 Å². The standard InChI is InChI=1S/C40H44N2O5/c1-26(2)25-42(36(44)18-15-28-11-7-5-8-12-28)32-17-16-31-33-23-30-34(46-27(3)43)24-35(45-4)38-37(30)40(31,39(32)47-38)20-22-41(33)21-19-29-13-9-6-10-14-29/h5-14,24,26,31-33,39H,16-17,19-23,25H2,1-4H3/t31-,32+,33+,39-,40-/m0/s1. The fourth-order valence-corrected chi connectivity index (χ4v) is 9.03. The van der Waals surface area contributed by atoms with E-state index in [2.05, 4.69) is 60.9 Å². The van der Waals surface area contributed by atoms with Gasteiger partial charge in [0.15, 0.2) is 11.5 Å². The van der Waals surface area contributed by atoms with Gasteiger partial charge in [0.05, 0.1) is 13.2 Å². The van der Waals surface area contributed by atoms with Gasteiger partial charge in [0.1, 0.15) is 11.9 Å². The van der Waals surface area contributed by atoms with Crippen LogP contribution in [0.2, 0.25) is 0 Å². The quantitative estimate of drug-likeness (QED) is 0.178. The van der Waals surface area contributed by atoms with Gasteiger partial charge in [-0.15, -0.1) is 0 Å². The van der Waals surface area contributed by atoms with Crippen molar-refractivity contribution in [2.45, 2.75) is 76.5 Å². The number of methoxy groups -OCH3 is 1. The van der Waals surface area contributed by atoms with E-state index in [9.17, 15) is 9.59 Å². The Kier molecular flexibility index (Phi) is 8.48. The van der Waals surface area contributed by atoms with E-state index in [1.54, 1.807) is 7.11 Å². The molecule has 4 aliphatic rings. The first kappa shape index (κ1) is 31.3. The summed E-state index contributed by atoms with van der Waals surface area (Å²) < 4.78 is 18.9. The molecule has 7 nitrogen and oxygen atoms in total. The average Bonchev–Trinajstić information content (AvgIpc) is 3.41. The van der Waals surface area contributed by atoms with Crippen molar-refractivity contribution in [3.63, 3.8) is 0 Å². The summed E-state index contributed by atoms with van der Waals surface area (Å²) in [6.07, 6.45) is 4.23. The van der Waals surface area contributed by atoms with Gasteiger partial charge in [0, 0.05) is 60.1 Å². The third kappa shape index (κ3) is 5.57. The third-order valence-corrected chi connectivity index (χ3v) is 10.8. The van der Waals surface area contributed by atoms with E-state index in [1.165, 1.54) is 12.5 Å². The maximum absolute atomic E-state index is 14.0. The summed E-state index contributed by atoms with van der Waals surface area (Å²) in [4.78, 5) is 31.0. The maximum atomic E-state index is 14.0. The van der Waals surface area contributed by atoms with Crippen LogP contribution in [0.3, 0.4) is 0 Å². The highest BCUT2D eigenvalue weighted by molar-refractivity contribution is 5.94. The summed E-state index contributed by atoms with van der Waals surface area (Å²) in [6, 6.07) is 22.3. The summed E-state index contributed by atoms with van der Waals surface area (Å²) in [5.41, 5.74) is 4.02. The van der Waals surface area contributed by atoms with Crippen LogP contribution in [0.4, 0.5) is 0 Å². The van der Waals surface area contributed by atoms with Gasteiger partial charge in [0.25, 0.3) is 5.91 Å². The molecule has 0 radical (unpaired) electrons. The molecule has 0 unspecified atom stereocenters. The zero-order valence-corrected chi connectivity index (χ0v) is 27.8. The molecule has 1 saturated carbocycles. The number of piperidine rings is 1. The molecule has 2 heterocycles.